The van der Waals surface area contributed by atoms with Crippen molar-refractivity contribution in [2.24, 2.45) is 0 Å². The van der Waals surface area contributed by atoms with Gasteiger partial charge in [-0.1, -0.05) is 36.4 Å². The first kappa shape index (κ1) is 10.6. The smallest absolute Gasteiger partial charge is 0.00664 e. The molecule has 0 aliphatic heterocycles. The summed E-state index contributed by atoms with van der Waals surface area (Å²) in [5, 5.41) is 0. The van der Waals surface area contributed by atoms with Gasteiger partial charge in [-0.2, -0.15) is 0 Å². The van der Waals surface area contributed by atoms with Gasteiger partial charge < -0.3 is 0 Å². The number of hydrogen-bond acceptors (Lipinski definition) is 0. The SMILES string of the molecule is C=C(C)Cc1ccccc1C=C=CC. The van der Waals surface area contributed by atoms with Crippen molar-refractivity contribution in [1.82, 2.24) is 0 Å². The second-order valence-corrected chi connectivity index (χ2v) is 3.43. The van der Waals surface area contributed by atoms with Crippen molar-refractivity contribution in [3.63, 3.8) is 0 Å². The Bertz CT molecular complexity index is 377. The zero-order valence-electron chi connectivity index (χ0n) is 8.88. The lowest BCUT2D eigenvalue weighted by atomic mass is 10.0. The Morgan fingerprint density at radius 3 is 2.79 bits per heavy atom. The number of hydrogen-bond donors (Lipinski definition) is 0. The maximum Gasteiger partial charge on any atom is -0.00664 e. The van der Waals surface area contributed by atoms with Gasteiger partial charge in [0.15, 0.2) is 0 Å². The van der Waals surface area contributed by atoms with E-state index in [1.54, 1.807) is 0 Å². The van der Waals surface area contributed by atoms with Crippen LogP contribution in [0.5, 0.6) is 0 Å². The van der Waals surface area contributed by atoms with E-state index in [1.165, 1.54) is 16.7 Å². The zero-order chi connectivity index (χ0) is 10.4. The van der Waals surface area contributed by atoms with E-state index in [4.69, 9.17) is 0 Å². The third-order valence-corrected chi connectivity index (χ3v) is 1.95. The Kier molecular flexibility index (Phi) is 3.97. The molecule has 1 aromatic rings. The second-order valence-electron chi connectivity index (χ2n) is 3.43. The molecule has 0 aliphatic rings. The Hall–Kier alpha value is -1.52. The molecular formula is C14H16. The number of rotatable bonds is 3. The van der Waals surface area contributed by atoms with Crippen LogP contribution in [0.25, 0.3) is 6.08 Å². The summed E-state index contributed by atoms with van der Waals surface area (Å²) < 4.78 is 0. The van der Waals surface area contributed by atoms with Crippen LogP contribution in [0.15, 0.2) is 48.2 Å². The van der Waals surface area contributed by atoms with E-state index in [0.29, 0.717) is 0 Å². The van der Waals surface area contributed by atoms with Gasteiger partial charge >= 0.3 is 0 Å². The van der Waals surface area contributed by atoms with Crippen molar-refractivity contribution >= 4 is 6.08 Å². The third kappa shape index (κ3) is 3.08. The molecule has 14 heavy (non-hydrogen) atoms. The minimum Gasteiger partial charge on any atom is -0.125 e. The maximum absolute atomic E-state index is 3.93. The predicted octanol–water partition coefficient (Wildman–Crippen LogP) is 3.99. The zero-order valence-corrected chi connectivity index (χ0v) is 8.88. The fourth-order valence-corrected chi connectivity index (χ4v) is 1.33. The van der Waals surface area contributed by atoms with Crippen LogP contribution in [0.1, 0.15) is 25.0 Å². The summed E-state index contributed by atoms with van der Waals surface area (Å²) in [6, 6.07) is 8.35. The van der Waals surface area contributed by atoms with E-state index >= 15 is 0 Å². The lowest BCUT2D eigenvalue weighted by molar-refractivity contribution is 1.15. The van der Waals surface area contributed by atoms with Gasteiger partial charge in [0.05, 0.1) is 0 Å². The summed E-state index contributed by atoms with van der Waals surface area (Å²) >= 11 is 0. The summed E-state index contributed by atoms with van der Waals surface area (Å²) in [5.41, 5.74) is 6.83. The summed E-state index contributed by atoms with van der Waals surface area (Å²) in [4.78, 5) is 0. The van der Waals surface area contributed by atoms with Crippen molar-refractivity contribution < 1.29 is 0 Å². The molecule has 0 N–H and O–H groups in total. The Balaban J connectivity index is 3.02. The summed E-state index contributed by atoms with van der Waals surface area (Å²) in [5.74, 6) is 0. The fourth-order valence-electron chi connectivity index (χ4n) is 1.33. The van der Waals surface area contributed by atoms with Gasteiger partial charge in [-0.3, -0.25) is 0 Å². The van der Waals surface area contributed by atoms with Crippen molar-refractivity contribution in [3.8, 4) is 0 Å². The van der Waals surface area contributed by atoms with Crippen LogP contribution in [-0.4, -0.2) is 0 Å². The summed E-state index contributed by atoms with van der Waals surface area (Å²) in [6.07, 6.45) is 4.87. The van der Waals surface area contributed by atoms with E-state index in [-0.39, 0.29) is 0 Å². The van der Waals surface area contributed by atoms with Crippen LogP contribution in [0.4, 0.5) is 0 Å². The average Bonchev–Trinajstić information content (AvgIpc) is 2.16. The second kappa shape index (κ2) is 5.26. The monoisotopic (exact) mass is 184 g/mol. The highest BCUT2D eigenvalue weighted by atomic mass is 14.0. The molecule has 1 rings (SSSR count). The Morgan fingerprint density at radius 1 is 1.43 bits per heavy atom. The van der Waals surface area contributed by atoms with Gasteiger partial charge in [0, 0.05) is 0 Å². The van der Waals surface area contributed by atoms with E-state index < -0.39 is 0 Å². The first-order chi connectivity index (χ1) is 6.74. The van der Waals surface area contributed by atoms with Crippen molar-refractivity contribution in [2.75, 3.05) is 0 Å². The molecule has 0 spiro atoms. The molecule has 0 radical (unpaired) electrons. The first-order valence-electron chi connectivity index (χ1n) is 4.83. The lowest BCUT2D eigenvalue weighted by Crippen LogP contribution is -1.88. The van der Waals surface area contributed by atoms with E-state index in [2.05, 4.69) is 37.4 Å². The molecule has 0 unspecified atom stereocenters. The van der Waals surface area contributed by atoms with Crippen LogP contribution in [-0.2, 0) is 6.42 Å². The highest BCUT2D eigenvalue weighted by molar-refractivity contribution is 5.53. The summed E-state index contributed by atoms with van der Waals surface area (Å²) in [6.45, 7) is 7.95. The molecule has 0 nitrogen and oxygen atoms in total. The molecule has 0 saturated carbocycles. The van der Waals surface area contributed by atoms with Gasteiger partial charge in [0.1, 0.15) is 0 Å². The number of allylic oxidation sites excluding steroid dienone is 2. The van der Waals surface area contributed by atoms with Crippen molar-refractivity contribution in [1.29, 1.82) is 0 Å². The molecule has 1 aromatic carbocycles. The van der Waals surface area contributed by atoms with E-state index in [9.17, 15) is 0 Å². The normalized spacial score (nSPS) is 9.00. The summed E-state index contributed by atoms with van der Waals surface area (Å²) in [7, 11) is 0. The Labute approximate surface area is 86.3 Å². The van der Waals surface area contributed by atoms with E-state index in [0.717, 1.165) is 6.42 Å². The van der Waals surface area contributed by atoms with Gasteiger partial charge in [-0.25, -0.2) is 0 Å². The van der Waals surface area contributed by atoms with Gasteiger partial charge in [-0.15, -0.1) is 5.73 Å². The van der Waals surface area contributed by atoms with Crippen molar-refractivity contribution in [3.05, 3.63) is 59.4 Å². The molecule has 0 aliphatic carbocycles. The minimum absolute atomic E-state index is 0.943. The van der Waals surface area contributed by atoms with Crippen LogP contribution in [0.2, 0.25) is 0 Å². The largest absolute Gasteiger partial charge is 0.125 e. The quantitative estimate of drug-likeness (QED) is 0.492. The molecule has 0 heteroatoms. The third-order valence-electron chi connectivity index (χ3n) is 1.95. The molecule has 0 atom stereocenters. The minimum atomic E-state index is 0.943. The van der Waals surface area contributed by atoms with Crippen molar-refractivity contribution in [2.45, 2.75) is 20.3 Å². The molecule has 0 amide bonds. The highest BCUT2D eigenvalue weighted by Gasteiger charge is 1.97. The van der Waals surface area contributed by atoms with Crippen LogP contribution >= 0.6 is 0 Å². The molecule has 0 aromatic heterocycles. The molecule has 0 fully saturated rings. The van der Waals surface area contributed by atoms with Gasteiger partial charge in [-0.05, 0) is 43.5 Å². The van der Waals surface area contributed by atoms with Gasteiger partial charge in [0.25, 0.3) is 0 Å². The Morgan fingerprint density at radius 2 is 2.14 bits per heavy atom. The molecule has 0 bridgehead atoms. The van der Waals surface area contributed by atoms with Gasteiger partial charge in [0.2, 0.25) is 0 Å². The maximum atomic E-state index is 3.93. The molecular weight excluding hydrogens is 168 g/mol. The van der Waals surface area contributed by atoms with E-state index in [1.807, 2.05) is 25.1 Å². The topological polar surface area (TPSA) is 0 Å². The molecule has 0 heterocycles. The molecule has 0 saturated heterocycles. The molecule has 72 valence electrons. The first-order valence-corrected chi connectivity index (χ1v) is 4.83. The lowest BCUT2D eigenvalue weighted by Gasteiger charge is -2.04. The fraction of sp³-hybridized carbons (Fsp3) is 0.214. The number of benzene rings is 1. The van der Waals surface area contributed by atoms with Crippen LogP contribution in [0, 0.1) is 0 Å². The standard InChI is InChI=1S/C14H16/c1-4-5-8-13-9-6-7-10-14(13)11-12(2)3/h4,6-10H,2,11H2,1,3H3. The van der Waals surface area contributed by atoms with Crippen LogP contribution in [0.3, 0.4) is 0 Å². The predicted molar refractivity (Wildman–Crippen MR) is 63.2 cm³/mol. The average molecular weight is 184 g/mol. The van der Waals surface area contributed by atoms with Crippen LogP contribution < -0.4 is 0 Å². The highest BCUT2D eigenvalue weighted by Crippen LogP contribution is 2.13.